The van der Waals surface area contributed by atoms with E-state index in [2.05, 4.69) is 15.8 Å². The quantitative estimate of drug-likeness (QED) is 0.408. The van der Waals surface area contributed by atoms with Crippen LogP contribution in [-0.4, -0.2) is 30.5 Å². The summed E-state index contributed by atoms with van der Waals surface area (Å²) in [7, 11) is 0. The van der Waals surface area contributed by atoms with Crippen molar-refractivity contribution in [2.24, 2.45) is 11.0 Å². The molecule has 7 nitrogen and oxygen atoms in total. The van der Waals surface area contributed by atoms with Gasteiger partial charge in [-0.2, -0.15) is 5.10 Å². The summed E-state index contributed by atoms with van der Waals surface area (Å²) in [5.74, 6) is -1.83. The molecule has 0 saturated heterocycles. The number of carbonyl (C=O) groups excluding carboxylic acids is 3. The number of nitrogens with one attached hydrogen (secondary N) is 2. The Morgan fingerprint density at radius 1 is 1.18 bits per heavy atom. The molecule has 1 rings (SSSR count). The van der Waals surface area contributed by atoms with Crippen LogP contribution in [0, 0.1) is 5.92 Å². The molecular formula is C15H18N3O4-. The van der Waals surface area contributed by atoms with E-state index in [4.69, 9.17) is 0 Å². The number of hydrazone groups is 1. The first-order valence-corrected chi connectivity index (χ1v) is 6.78. The molecule has 0 atom stereocenters. The normalized spacial score (nSPS) is 10.7. The van der Waals surface area contributed by atoms with Crippen LogP contribution in [0.5, 0.6) is 0 Å². The molecule has 0 aliphatic carbocycles. The van der Waals surface area contributed by atoms with Crippen molar-refractivity contribution in [3.63, 3.8) is 0 Å². The summed E-state index contributed by atoms with van der Waals surface area (Å²) in [6, 6.07) is 5.79. The second-order valence-electron chi connectivity index (χ2n) is 5.08. The Morgan fingerprint density at radius 3 is 2.36 bits per heavy atom. The van der Waals surface area contributed by atoms with Crippen LogP contribution in [0.25, 0.3) is 0 Å². The van der Waals surface area contributed by atoms with Gasteiger partial charge >= 0.3 is 0 Å². The van der Waals surface area contributed by atoms with E-state index < -0.39 is 11.9 Å². The molecule has 0 spiro atoms. The van der Waals surface area contributed by atoms with E-state index in [-0.39, 0.29) is 17.9 Å². The third kappa shape index (κ3) is 6.65. The Hall–Kier alpha value is -2.70. The fourth-order valence-electron chi connectivity index (χ4n) is 1.45. The average molecular weight is 304 g/mol. The predicted molar refractivity (Wildman–Crippen MR) is 79.0 cm³/mol. The number of amides is 2. The van der Waals surface area contributed by atoms with E-state index in [0.717, 1.165) is 0 Å². The highest BCUT2D eigenvalue weighted by molar-refractivity contribution is 5.97. The largest absolute Gasteiger partial charge is 0.545 e. The summed E-state index contributed by atoms with van der Waals surface area (Å²) in [6.45, 7) is 4.42. The molecule has 0 fully saturated rings. The molecule has 0 saturated carbocycles. The SMILES string of the molecule is CC(C)CNC(=O)CC(=O)N/N=C\c1ccc(C(=O)[O-])cc1. The number of carbonyl (C=O) groups is 3. The lowest BCUT2D eigenvalue weighted by Gasteiger charge is -2.06. The van der Waals surface area contributed by atoms with Gasteiger partial charge in [0.15, 0.2) is 0 Å². The van der Waals surface area contributed by atoms with Crippen LogP contribution in [-0.2, 0) is 9.59 Å². The van der Waals surface area contributed by atoms with Crippen LogP contribution in [0.2, 0.25) is 0 Å². The molecule has 2 N–H and O–H groups in total. The van der Waals surface area contributed by atoms with E-state index in [9.17, 15) is 19.5 Å². The highest BCUT2D eigenvalue weighted by Crippen LogP contribution is 2.01. The lowest BCUT2D eigenvalue weighted by atomic mass is 10.1. The molecule has 0 aliphatic rings. The molecular weight excluding hydrogens is 286 g/mol. The third-order valence-electron chi connectivity index (χ3n) is 2.58. The Labute approximate surface area is 128 Å². The van der Waals surface area contributed by atoms with Gasteiger partial charge in [0.05, 0.1) is 12.2 Å². The lowest BCUT2D eigenvalue weighted by molar-refractivity contribution is -0.255. The van der Waals surface area contributed by atoms with Gasteiger partial charge in [0.2, 0.25) is 11.8 Å². The van der Waals surface area contributed by atoms with E-state index in [0.29, 0.717) is 18.0 Å². The second kappa shape index (κ2) is 8.56. The van der Waals surface area contributed by atoms with Gasteiger partial charge in [0.25, 0.3) is 0 Å². The fraction of sp³-hybridized carbons (Fsp3) is 0.333. The van der Waals surface area contributed by atoms with Crippen molar-refractivity contribution in [2.75, 3.05) is 6.54 Å². The van der Waals surface area contributed by atoms with E-state index in [1.165, 1.54) is 30.5 Å². The Bertz CT molecular complexity index is 565. The van der Waals surface area contributed by atoms with E-state index in [1.54, 1.807) is 0 Å². The van der Waals surface area contributed by atoms with Crippen molar-refractivity contribution in [1.82, 2.24) is 10.7 Å². The summed E-state index contributed by atoms with van der Waals surface area (Å²) < 4.78 is 0. The molecule has 7 heteroatoms. The molecule has 2 amide bonds. The molecule has 22 heavy (non-hydrogen) atoms. The standard InChI is InChI=1S/C15H19N3O4/c1-10(2)8-16-13(19)7-14(20)18-17-9-11-3-5-12(6-4-11)15(21)22/h3-6,9-10H,7-8H2,1-2H3,(H,16,19)(H,18,20)(H,21,22)/p-1/b17-9-. The van der Waals surface area contributed by atoms with Crippen LogP contribution in [0.15, 0.2) is 29.4 Å². The molecule has 1 aromatic carbocycles. The zero-order chi connectivity index (χ0) is 16.5. The van der Waals surface area contributed by atoms with E-state index in [1.807, 2.05) is 13.8 Å². The first-order valence-electron chi connectivity index (χ1n) is 6.78. The zero-order valence-electron chi connectivity index (χ0n) is 12.5. The smallest absolute Gasteiger partial charge is 0.249 e. The van der Waals surface area contributed by atoms with Gasteiger partial charge in [-0.25, -0.2) is 5.43 Å². The van der Waals surface area contributed by atoms with Crippen molar-refractivity contribution in [2.45, 2.75) is 20.3 Å². The Morgan fingerprint density at radius 2 is 1.82 bits per heavy atom. The minimum absolute atomic E-state index is 0.0583. The topological polar surface area (TPSA) is 111 Å². The highest BCUT2D eigenvalue weighted by atomic mass is 16.4. The number of aromatic carboxylic acids is 1. The summed E-state index contributed by atoms with van der Waals surface area (Å²) in [4.78, 5) is 33.4. The number of benzene rings is 1. The summed E-state index contributed by atoms with van der Waals surface area (Å²) in [5, 5.41) is 16.9. The van der Waals surface area contributed by atoms with Gasteiger partial charge in [0.1, 0.15) is 6.42 Å². The first-order chi connectivity index (χ1) is 10.4. The maximum atomic E-state index is 11.5. The minimum Gasteiger partial charge on any atom is -0.545 e. The first kappa shape index (κ1) is 17.4. The molecule has 0 radical (unpaired) electrons. The van der Waals surface area contributed by atoms with Gasteiger partial charge in [-0.1, -0.05) is 38.1 Å². The van der Waals surface area contributed by atoms with Gasteiger partial charge in [-0.15, -0.1) is 0 Å². The van der Waals surface area contributed by atoms with E-state index >= 15 is 0 Å². The van der Waals surface area contributed by atoms with Gasteiger partial charge in [-0.05, 0) is 17.0 Å². The predicted octanol–water partition coefficient (Wildman–Crippen LogP) is -0.337. The van der Waals surface area contributed by atoms with Crippen molar-refractivity contribution >= 4 is 24.0 Å². The average Bonchev–Trinajstić information content (AvgIpc) is 2.45. The maximum Gasteiger partial charge on any atom is 0.249 e. The minimum atomic E-state index is -1.26. The molecule has 0 unspecified atom stereocenters. The van der Waals surface area contributed by atoms with Crippen LogP contribution < -0.4 is 15.8 Å². The third-order valence-corrected chi connectivity index (χ3v) is 2.58. The van der Waals surface area contributed by atoms with Crippen LogP contribution in [0.3, 0.4) is 0 Å². The van der Waals surface area contributed by atoms with Crippen molar-refractivity contribution in [3.8, 4) is 0 Å². The van der Waals surface area contributed by atoms with Crippen molar-refractivity contribution < 1.29 is 19.5 Å². The number of hydrogen-bond acceptors (Lipinski definition) is 5. The summed E-state index contributed by atoms with van der Waals surface area (Å²) in [5.41, 5.74) is 2.89. The second-order valence-corrected chi connectivity index (χ2v) is 5.08. The van der Waals surface area contributed by atoms with Crippen LogP contribution in [0.4, 0.5) is 0 Å². The van der Waals surface area contributed by atoms with Crippen LogP contribution >= 0.6 is 0 Å². The van der Waals surface area contributed by atoms with Crippen molar-refractivity contribution in [3.05, 3.63) is 35.4 Å². The summed E-state index contributed by atoms with van der Waals surface area (Å²) >= 11 is 0. The number of carboxylic acids is 1. The van der Waals surface area contributed by atoms with Gasteiger partial charge in [0, 0.05) is 6.54 Å². The Balaban J connectivity index is 2.39. The molecule has 118 valence electrons. The number of rotatable bonds is 7. The van der Waals surface area contributed by atoms with Crippen molar-refractivity contribution in [1.29, 1.82) is 0 Å². The number of nitrogens with zero attached hydrogens (tertiary/aromatic N) is 1. The number of carboxylic acid groups (broad SMARTS) is 1. The maximum absolute atomic E-state index is 11.5. The van der Waals surface area contributed by atoms with Crippen LogP contribution in [0.1, 0.15) is 36.2 Å². The molecule has 0 heterocycles. The zero-order valence-corrected chi connectivity index (χ0v) is 12.5. The molecule has 0 aromatic heterocycles. The molecule has 0 aliphatic heterocycles. The lowest BCUT2D eigenvalue weighted by Crippen LogP contribution is -2.32. The highest BCUT2D eigenvalue weighted by Gasteiger charge is 2.08. The summed E-state index contributed by atoms with van der Waals surface area (Å²) in [6.07, 6.45) is 1.05. The number of hydrogen-bond donors (Lipinski definition) is 2. The van der Waals surface area contributed by atoms with Gasteiger partial charge in [-0.3, -0.25) is 9.59 Å². The molecule has 0 bridgehead atoms. The van der Waals surface area contributed by atoms with Gasteiger partial charge < -0.3 is 15.2 Å². The Kier molecular flexibility index (Phi) is 6.75. The molecule has 1 aromatic rings. The monoisotopic (exact) mass is 304 g/mol. The fourth-order valence-corrected chi connectivity index (χ4v) is 1.45.